The fourth-order valence-electron chi connectivity index (χ4n) is 4.72. The summed E-state index contributed by atoms with van der Waals surface area (Å²) in [6.45, 7) is 2.61. The maximum absolute atomic E-state index is 12.6. The second kappa shape index (κ2) is 10.5. The molecule has 9 heteroatoms. The zero-order chi connectivity index (χ0) is 24.2. The average Bonchev–Trinajstić information content (AvgIpc) is 3.60. The minimum atomic E-state index is -0.290. The third-order valence-electron chi connectivity index (χ3n) is 6.76. The Morgan fingerprint density at radius 1 is 1.03 bits per heavy atom. The zero-order valence-corrected chi connectivity index (χ0v) is 20.2. The summed E-state index contributed by atoms with van der Waals surface area (Å²) >= 11 is 6.09. The van der Waals surface area contributed by atoms with Crippen LogP contribution in [0.2, 0.25) is 5.02 Å². The number of aromatic nitrogens is 2. The Hall–Kier alpha value is -3.39. The molecular formula is C26H28ClN5O3. The van der Waals surface area contributed by atoms with E-state index in [2.05, 4.69) is 20.4 Å². The van der Waals surface area contributed by atoms with Crippen LogP contribution in [0.5, 0.6) is 0 Å². The second-order valence-corrected chi connectivity index (χ2v) is 9.48. The van der Waals surface area contributed by atoms with Gasteiger partial charge in [-0.15, -0.1) is 0 Å². The van der Waals surface area contributed by atoms with Crippen molar-refractivity contribution in [3.8, 4) is 11.4 Å². The van der Waals surface area contributed by atoms with Crippen LogP contribution >= 0.6 is 11.6 Å². The van der Waals surface area contributed by atoms with Crippen LogP contribution in [0.4, 0.5) is 5.69 Å². The fourth-order valence-corrected chi connectivity index (χ4v) is 4.90. The van der Waals surface area contributed by atoms with Crippen LogP contribution in [0.25, 0.3) is 11.4 Å². The molecule has 1 saturated heterocycles. The van der Waals surface area contributed by atoms with E-state index in [4.69, 9.17) is 16.1 Å². The van der Waals surface area contributed by atoms with Gasteiger partial charge in [0.05, 0.1) is 6.54 Å². The normalized spacial score (nSPS) is 16.5. The molecule has 1 aliphatic heterocycles. The summed E-state index contributed by atoms with van der Waals surface area (Å²) in [5.41, 5.74) is 2.33. The Labute approximate surface area is 209 Å². The topological polar surface area (TPSA) is 91.6 Å². The first-order chi connectivity index (χ1) is 17.1. The van der Waals surface area contributed by atoms with Gasteiger partial charge in [0, 0.05) is 53.9 Å². The number of anilines is 1. The van der Waals surface area contributed by atoms with Crippen molar-refractivity contribution in [2.45, 2.75) is 31.6 Å². The van der Waals surface area contributed by atoms with Crippen molar-refractivity contribution >= 4 is 29.1 Å². The molecule has 5 rings (SSSR count). The first kappa shape index (κ1) is 23.4. The molecule has 2 heterocycles. The number of carbonyl (C=O) groups excluding carboxylic acids is 2. The van der Waals surface area contributed by atoms with Crippen molar-refractivity contribution in [2.75, 3.05) is 37.6 Å². The molecule has 1 aliphatic carbocycles. The number of piperazine rings is 1. The van der Waals surface area contributed by atoms with E-state index >= 15 is 0 Å². The molecule has 2 aromatic carbocycles. The quantitative estimate of drug-likeness (QED) is 0.555. The van der Waals surface area contributed by atoms with Gasteiger partial charge in [0.25, 0.3) is 5.91 Å². The van der Waals surface area contributed by atoms with Gasteiger partial charge in [-0.3, -0.25) is 9.59 Å². The third kappa shape index (κ3) is 5.48. The van der Waals surface area contributed by atoms with Gasteiger partial charge < -0.3 is 19.6 Å². The summed E-state index contributed by atoms with van der Waals surface area (Å²) in [7, 11) is 0. The van der Waals surface area contributed by atoms with Crippen LogP contribution in [0.15, 0.2) is 53.1 Å². The maximum atomic E-state index is 12.6. The summed E-state index contributed by atoms with van der Waals surface area (Å²) in [5.74, 6) is 1.21. The number of amides is 2. The molecule has 2 amide bonds. The van der Waals surface area contributed by atoms with E-state index in [0.717, 1.165) is 37.2 Å². The minimum absolute atomic E-state index is 0.0344. The Morgan fingerprint density at radius 3 is 2.49 bits per heavy atom. The third-order valence-corrected chi connectivity index (χ3v) is 6.99. The summed E-state index contributed by atoms with van der Waals surface area (Å²) in [6, 6.07) is 14.7. The number of hydrogen-bond donors (Lipinski definition) is 1. The molecule has 1 aromatic heterocycles. The molecule has 1 N–H and O–H groups in total. The standard InChI is InChI=1S/C26H28ClN5O3/c27-21-6-3-7-22(16-21)31-12-14-32(15-13-31)23(33)17-28-25(34)19-10-8-18(9-11-19)24-29-26(35-30-24)20-4-1-2-5-20/h3,6-11,16,20H,1-2,4-5,12-15,17H2,(H,28,34). The Bertz CT molecular complexity index is 1180. The van der Waals surface area contributed by atoms with E-state index in [-0.39, 0.29) is 18.4 Å². The summed E-state index contributed by atoms with van der Waals surface area (Å²) < 4.78 is 5.45. The second-order valence-electron chi connectivity index (χ2n) is 9.05. The van der Waals surface area contributed by atoms with E-state index in [1.165, 1.54) is 12.8 Å². The SMILES string of the molecule is O=C(NCC(=O)N1CCN(c2cccc(Cl)c2)CC1)c1ccc(-c2noc(C3CCCC3)n2)cc1. The van der Waals surface area contributed by atoms with Crippen LogP contribution in [0.3, 0.4) is 0 Å². The van der Waals surface area contributed by atoms with Gasteiger partial charge in [-0.1, -0.05) is 47.8 Å². The lowest BCUT2D eigenvalue weighted by Crippen LogP contribution is -2.51. The van der Waals surface area contributed by atoms with E-state index < -0.39 is 0 Å². The lowest BCUT2D eigenvalue weighted by molar-refractivity contribution is -0.130. The number of nitrogens with one attached hydrogen (secondary N) is 1. The molecule has 2 aliphatic rings. The van der Waals surface area contributed by atoms with Crippen LogP contribution in [-0.4, -0.2) is 59.6 Å². The molecule has 1 saturated carbocycles. The Morgan fingerprint density at radius 2 is 1.77 bits per heavy atom. The number of nitrogens with zero attached hydrogens (tertiary/aromatic N) is 4. The van der Waals surface area contributed by atoms with Gasteiger partial charge in [0.2, 0.25) is 17.6 Å². The van der Waals surface area contributed by atoms with E-state index in [1.807, 2.05) is 24.3 Å². The molecule has 3 aromatic rings. The van der Waals surface area contributed by atoms with Crippen molar-refractivity contribution in [1.29, 1.82) is 0 Å². The van der Waals surface area contributed by atoms with E-state index in [1.54, 1.807) is 29.2 Å². The highest BCUT2D eigenvalue weighted by atomic mass is 35.5. The molecule has 0 atom stereocenters. The Balaban J connectivity index is 1.10. The molecule has 8 nitrogen and oxygen atoms in total. The summed E-state index contributed by atoms with van der Waals surface area (Å²) in [5, 5.41) is 7.53. The average molecular weight is 494 g/mol. The largest absolute Gasteiger partial charge is 0.368 e. The summed E-state index contributed by atoms with van der Waals surface area (Å²) in [4.78, 5) is 33.7. The molecule has 35 heavy (non-hydrogen) atoms. The number of rotatable bonds is 6. The predicted molar refractivity (Wildman–Crippen MR) is 134 cm³/mol. The highest BCUT2D eigenvalue weighted by Gasteiger charge is 2.24. The van der Waals surface area contributed by atoms with Crippen LogP contribution < -0.4 is 10.2 Å². The molecule has 0 bridgehead atoms. The zero-order valence-electron chi connectivity index (χ0n) is 19.5. The van der Waals surface area contributed by atoms with Crippen LogP contribution in [-0.2, 0) is 4.79 Å². The lowest BCUT2D eigenvalue weighted by Gasteiger charge is -2.36. The van der Waals surface area contributed by atoms with Gasteiger partial charge in [0.1, 0.15) is 0 Å². The number of benzene rings is 2. The smallest absolute Gasteiger partial charge is 0.251 e. The molecular weight excluding hydrogens is 466 g/mol. The van der Waals surface area contributed by atoms with Crippen LogP contribution in [0.1, 0.15) is 47.8 Å². The van der Waals surface area contributed by atoms with Crippen molar-refractivity contribution < 1.29 is 14.1 Å². The maximum Gasteiger partial charge on any atom is 0.251 e. The van der Waals surface area contributed by atoms with Crippen LogP contribution in [0, 0.1) is 0 Å². The van der Waals surface area contributed by atoms with Crippen molar-refractivity contribution in [3.05, 3.63) is 65.0 Å². The molecule has 182 valence electrons. The van der Waals surface area contributed by atoms with Crippen molar-refractivity contribution in [1.82, 2.24) is 20.4 Å². The molecule has 0 unspecified atom stereocenters. The predicted octanol–water partition coefficient (Wildman–Crippen LogP) is 4.13. The van der Waals surface area contributed by atoms with E-state index in [0.29, 0.717) is 41.3 Å². The van der Waals surface area contributed by atoms with Gasteiger partial charge in [-0.25, -0.2) is 0 Å². The van der Waals surface area contributed by atoms with Gasteiger partial charge >= 0.3 is 0 Å². The van der Waals surface area contributed by atoms with Gasteiger partial charge in [-0.05, 0) is 43.2 Å². The van der Waals surface area contributed by atoms with Gasteiger partial charge in [-0.2, -0.15) is 4.98 Å². The molecule has 2 fully saturated rings. The van der Waals surface area contributed by atoms with Gasteiger partial charge in [0.15, 0.2) is 0 Å². The number of halogens is 1. The monoisotopic (exact) mass is 493 g/mol. The highest BCUT2D eigenvalue weighted by molar-refractivity contribution is 6.30. The lowest BCUT2D eigenvalue weighted by atomic mass is 10.1. The van der Waals surface area contributed by atoms with Crippen molar-refractivity contribution in [2.24, 2.45) is 0 Å². The highest BCUT2D eigenvalue weighted by Crippen LogP contribution is 2.33. The first-order valence-electron chi connectivity index (χ1n) is 12.1. The van der Waals surface area contributed by atoms with Crippen molar-refractivity contribution in [3.63, 3.8) is 0 Å². The van der Waals surface area contributed by atoms with E-state index in [9.17, 15) is 9.59 Å². The summed E-state index contributed by atoms with van der Waals surface area (Å²) in [6.07, 6.45) is 4.59. The number of hydrogen-bond acceptors (Lipinski definition) is 6. The molecule has 0 radical (unpaired) electrons. The number of carbonyl (C=O) groups is 2. The Kier molecular flexibility index (Phi) is 6.99. The molecule has 0 spiro atoms. The first-order valence-corrected chi connectivity index (χ1v) is 12.4. The minimum Gasteiger partial charge on any atom is -0.368 e. The fraction of sp³-hybridized carbons (Fsp3) is 0.385.